The predicted molar refractivity (Wildman–Crippen MR) is 70.4 cm³/mol. The third-order valence-electron chi connectivity index (χ3n) is 2.67. The highest BCUT2D eigenvalue weighted by atomic mass is 16.6. The maximum atomic E-state index is 11.5. The number of hydrogen-bond donors (Lipinski definition) is 1. The zero-order valence-electron chi connectivity index (χ0n) is 11.0. The summed E-state index contributed by atoms with van der Waals surface area (Å²) >= 11 is 0. The molecular formula is C12H20N4O2. The van der Waals surface area contributed by atoms with E-state index in [2.05, 4.69) is 21.1 Å². The molecule has 100 valence electrons. The summed E-state index contributed by atoms with van der Waals surface area (Å²) in [5, 5.41) is 3.06. The highest BCUT2D eigenvalue weighted by Crippen LogP contribution is 2.04. The number of piperazine rings is 1. The van der Waals surface area contributed by atoms with Gasteiger partial charge in [-0.05, 0) is 6.92 Å². The number of hydrogen-bond acceptors (Lipinski definition) is 3. The van der Waals surface area contributed by atoms with Crippen molar-refractivity contribution in [3.05, 3.63) is 0 Å². The van der Waals surface area contributed by atoms with E-state index in [4.69, 9.17) is 11.2 Å². The van der Waals surface area contributed by atoms with Gasteiger partial charge in [0.05, 0.1) is 13.2 Å². The number of aliphatic imine (C=N–C) groups is 1. The molecule has 1 rings (SSSR count). The van der Waals surface area contributed by atoms with Gasteiger partial charge in [0.1, 0.15) is 0 Å². The van der Waals surface area contributed by atoms with E-state index in [1.807, 2.05) is 0 Å². The van der Waals surface area contributed by atoms with Crippen molar-refractivity contribution in [2.75, 3.05) is 46.4 Å². The maximum Gasteiger partial charge on any atom is 0.409 e. The van der Waals surface area contributed by atoms with Gasteiger partial charge in [0, 0.05) is 33.2 Å². The number of guanidine groups is 1. The first-order valence-electron chi connectivity index (χ1n) is 6.03. The van der Waals surface area contributed by atoms with Crippen molar-refractivity contribution in [1.29, 1.82) is 0 Å². The van der Waals surface area contributed by atoms with E-state index >= 15 is 0 Å². The average molecular weight is 252 g/mol. The summed E-state index contributed by atoms with van der Waals surface area (Å²) in [4.78, 5) is 19.5. The molecule has 1 saturated heterocycles. The van der Waals surface area contributed by atoms with Gasteiger partial charge in [0.25, 0.3) is 0 Å². The number of amides is 1. The van der Waals surface area contributed by atoms with E-state index in [1.165, 1.54) is 0 Å². The topological polar surface area (TPSA) is 57.2 Å². The first kappa shape index (κ1) is 14.2. The second kappa shape index (κ2) is 7.43. The van der Waals surface area contributed by atoms with Gasteiger partial charge in [-0.15, -0.1) is 6.42 Å². The smallest absolute Gasteiger partial charge is 0.409 e. The molecule has 0 aromatic heterocycles. The van der Waals surface area contributed by atoms with Crippen molar-refractivity contribution in [3.63, 3.8) is 0 Å². The monoisotopic (exact) mass is 252 g/mol. The number of rotatable bonds is 2. The molecule has 1 amide bonds. The van der Waals surface area contributed by atoms with Crippen LogP contribution < -0.4 is 5.32 Å². The SMILES string of the molecule is C#CCNC(=NC)N1CCN(C(=O)OCC)CC1. The molecule has 1 N–H and O–H groups in total. The zero-order chi connectivity index (χ0) is 13.4. The molecule has 0 spiro atoms. The fraction of sp³-hybridized carbons (Fsp3) is 0.667. The summed E-state index contributed by atoms with van der Waals surface area (Å²) in [6.45, 7) is 5.38. The first-order valence-corrected chi connectivity index (χ1v) is 6.03. The summed E-state index contributed by atoms with van der Waals surface area (Å²) < 4.78 is 4.96. The third-order valence-corrected chi connectivity index (χ3v) is 2.67. The molecule has 0 unspecified atom stereocenters. The van der Waals surface area contributed by atoms with Crippen LogP contribution in [0.4, 0.5) is 4.79 Å². The molecular weight excluding hydrogens is 232 g/mol. The van der Waals surface area contributed by atoms with E-state index in [1.54, 1.807) is 18.9 Å². The van der Waals surface area contributed by atoms with Crippen molar-refractivity contribution in [3.8, 4) is 12.3 Å². The Morgan fingerprint density at radius 2 is 2.00 bits per heavy atom. The number of terminal acetylenes is 1. The molecule has 0 aliphatic carbocycles. The van der Waals surface area contributed by atoms with Crippen molar-refractivity contribution in [2.45, 2.75) is 6.92 Å². The zero-order valence-corrected chi connectivity index (χ0v) is 11.0. The molecule has 0 atom stereocenters. The Balaban J connectivity index is 2.43. The van der Waals surface area contributed by atoms with Crippen molar-refractivity contribution in [1.82, 2.24) is 15.1 Å². The van der Waals surface area contributed by atoms with Gasteiger partial charge >= 0.3 is 6.09 Å². The quantitative estimate of drug-likeness (QED) is 0.426. The van der Waals surface area contributed by atoms with E-state index < -0.39 is 0 Å². The third kappa shape index (κ3) is 3.84. The Hall–Kier alpha value is -1.90. The van der Waals surface area contributed by atoms with Gasteiger partial charge in [-0.1, -0.05) is 5.92 Å². The van der Waals surface area contributed by atoms with Crippen molar-refractivity contribution < 1.29 is 9.53 Å². The summed E-state index contributed by atoms with van der Waals surface area (Å²) in [6, 6.07) is 0. The number of carbonyl (C=O) groups is 1. The van der Waals surface area contributed by atoms with Gasteiger partial charge < -0.3 is 19.9 Å². The van der Waals surface area contributed by atoms with Crippen LogP contribution in [-0.2, 0) is 4.74 Å². The largest absolute Gasteiger partial charge is 0.450 e. The van der Waals surface area contributed by atoms with Gasteiger partial charge in [-0.25, -0.2) is 4.79 Å². The Morgan fingerprint density at radius 1 is 1.39 bits per heavy atom. The molecule has 1 fully saturated rings. The highest BCUT2D eigenvalue weighted by Gasteiger charge is 2.23. The normalized spacial score (nSPS) is 16.2. The first-order chi connectivity index (χ1) is 8.72. The lowest BCUT2D eigenvalue weighted by atomic mass is 10.3. The molecule has 6 heteroatoms. The minimum absolute atomic E-state index is 0.247. The van der Waals surface area contributed by atoms with E-state index in [9.17, 15) is 4.79 Å². The fourth-order valence-corrected chi connectivity index (χ4v) is 1.78. The van der Waals surface area contributed by atoms with E-state index in [-0.39, 0.29) is 6.09 Å². The minimum atomic E-state index is -0.247. The molecule has 1 aliphatic heterocycles. The Morgan fingerprint density at radius 3 is 2.50 bits per heavy atom. The van der Waals surface area contributed by atoms with Gasteiger partial charge in [-0.2, -0.15) is 0 Å². The van der Waals surface area contributed by atoms with Crippen LogP contribution in [0.2, 0.25) is 0 Å². The maximum absolute atomic E-state index is 11.5. The average Bonchev–Trinajstić information content (AvgIpc) is 2.40. The standard InChI is InChI=1S/C12H20N4O2/c1-4-6-14-11(13-3)15-7-9-16(10-8-15)12(17)18-5-2/h1H,5-10H2,2-3H3,(H,13,14). The molecule has 0 aromatic rings. The van der Waals surface area contributed by atoms with Crippen LogP contribution in [-0.4, -0.2) is 68.2 Å². The number of ether oxygens (including phenoxy) is 1. The molecule has 0 bridgehead atoms. The van der Waals surface area contributed by atoms with Crippen molar-refractivity contribution >= 4 is 12.1 Å². The lowest BCUT2D eigenvalue weighted by Crippen LogP contribution is -2.53. The molecule has 1 aliphatic rings. The fourth-order valence-electron chi connectivity index (χ4n) is 1.78. The Labute approximate surface area is 108 Å². The summed E-state index contributed by atoms with van der Waals surface area (Å²) in [5.74, 6) is 3.29. The minimum Gasteiger partial charge on any atom is -0.450 e. The number of nitrogens with one attached hydrogen (secondary N) is 1. The summed E-state index contributed by atoms with van der Waals surface area (Å²) in [7, 11) is 1.72. The lowest BCUT2D eigenvalue weighted by Gasteiger charge is -2.35. The van der Waals surface area contributed by atoms with Gasteiger partial charge in [0.15, 0.2) is 5.96 Å². The molecule has 0 saturated carbocycles. The highest BCUT2D eigenvalue weighted by molar-refractivity contribution is 5.80. The molecule has 6 nitrogen and oxygen atoms in total. The van der Waals surface area contributed by atoms with Crippen LogP contribution in [0.15, 0.2) is 4.99 Å². The molecule has 18 heavy (non-hydrogen) atoms. The summed E-state index contributed by atoms with van der Waals surface area (Å²) in [5.41, 5.74) is 0. The second-order valence-electron chi connectivity index (χ2n) is 3.78. The molecule has 1 heterocycles. The van der Waals surface area contributed by atoms with Crippen LogP contribution in [0.1, 0.15) is 6.92 Å². The van der Waals surface area contributed by atoms with Crippen LogP contribution in [0.25, 0.3) is 0 Å². The Kier molecular flexibility index (Phi) is 5.85. The van der Waals surface area contributed by atoms with E-state index in [0.717, 1.165) is 19.0 Å². The van der Waals surface area contributed by atoms with Crippen LogP contribution >= 0.6 is 0 Å². The van der Waals surface area contributed by atoms with Crippen molar-refractivity contribution in [2.24, 2.45) is 4.99 Å². The number of nitrogens with zero attached hydrogens (tertiary/aromatic N) is 3. The van der Waals surface area contributed by atoms with Crippen LogP contribution in [0.3, 0.4) is 0 Å². The van der Waals surface area contributed by atoms with E-state index in [0.29, 0.717) is 26.2 Å². The predicted octanol–water partition coefficient (Wildman–Crippen LogP) is -0.0309. The van der Waals surface area contributed by atoms with Gasteiger partial charge in [-0.3, -0.25) is 4.99 Å². The second-order valence-corrected chi connectivity index (χ2v) is 3.78. The molecule has 0 radical (unpaired) electrons. The van der Waals surface area contributed by atoms with Crippen LogP contribution in [0, 0.1) is 12.3 Å². The summed E-state index contributed by atoms with van der Waals surface area (Å²) in [6.07, 6.45) is 4.95. The molecule has 0 aromatic carbocycles. The van der Waals surface area contributed by atoms with Crippen LogP contribution in [0.5, 0.6) is 0 Å². The van der Waals surface area contributed by atoms with Gasteiger partial charge in [0.2, 0.25) is 0 Å². The number of carbonyl (C=O) groups excluding carboxylic acids is 1. The lowest BCUT2D eigenvalue weighted by molar-refractivity contribution is 0.0915. The Bertz CT molecular complexity index is 340.